The Kier molecular flexibility index (Phi) is 10.6. The minimum absolute atomic E-state index is 0. The Morgan fingerprint density at radius 3 is 2.45 bits per heavy atom. The summed E-state index contributed by atoms with van der Waals surface area (Å²) in [4.78, 5) is 6.80. The Balaban J connectivity index is 0.00000400. The average Bonchev–Trinajstić information content (AvgIpc) is 3.28. The monoisotopic (exact) mass is 567 g/mol. The normalized spacial score (nSPS) is 11.3. The zero-order chi connectivity index (χ0) is 26.3. The number of alkyl halides is 3. The lowest BCUT2D eigenvalue weighted by Crippen LogP contribution is -2.21. The third kappa shape index (κ3) is 8.76. The summed E-state index contributed by atoms with van der Waals surface area (Å²) in [6, 6.07) is 20.1. The predicted molar refractivity (Wildman–Crippen MR) is 148 cm³/mol. The van der Waals surface area contributed by atoms with Crippen LogP contribution in [0.2, 0.25) is 0 Å². The number of thiazole rings is 1. The summed E-state index contributed by atoms with van der Waals surface area (Å²) in [7, 11) is 4.03. The fourth-order valence-corrected chi connectivity index (χ4v) is 4.57. The van der Waals surface area contributed by atoms with E-state index in [4.69, 9.17) is 14.5 Å². The molecule has 4 aromatic rings. The summed E-state index contributed by atoms with van der Waals surface area (Å²) in [5.74, 6) is 0.528. The zero-order valence-electron chi connectivity index (χ0n) is 21.0. The van der Waals surface area contributed by atoms with Crippen molar-refractivity contribution in [2.24, 2.45) is 0 Å². The number of anilines is 1. The molecule has 0 saturated carbocycles. The van der Waals surface area contributed by atoms with Crippen molar-refractivity contribution in [3.05, 3.63) is 72.3 Å². The van der Waals surface area contributed by atoms with E-state index in [0.717, 1.165) is 32.2 Å². The number of benzene rings is 3. The number of ether oxygens (including phenoxy) is 3. The maximum Gasteiger partial charge on any atom is 0.573 e. The van der Waals surface area contributed by atoms with Crippen LogP contribution >= 0.6 is 23.7 Å². The molecule has 6 nitrogen and oxygen atoms in total. The van der Waals surface area contributed by atoms with Crippen molar-refractivity contribution >= 4 is 39.6 Å². The van der Waals surface area contributed by atoms with Gasteiger partial charge in [-0.1, -0.05) is 12.1 Å². The van der Waals surface area contributed by atoms with Gasteiger partial charge in [0.05, 0.1) is 23.4 Å². The van der Waals surface area contributed by atoms with E-state index in [-0.39, 0.29) is 18.2 Å². The van der Waals surface area contributed by atoms with E-state index in [9.17, 15) is 13.2 Å². The van der Waals surface area contributed by atoms with Crippen LogP contribution in [0.25, 0.3) is 20.8 Å². The van der Waals surface area contributed by atoms with Crippen LogP contribution in [0.4, 0.5) is 18.9 Å². The molecule has 0 aliphatic rings. The molecule has 38 heavy (non-hydrogen) atoms. The van der Waals surface area contributed by atoms with Gasteiger partial charge in [-0.15, -0.1) is 36.9 Å². The van der Waals surface area contributed by atoms with Gasteiger partial charge >= 0.3 is 6.36 Å². The van der Waals surface area contributed by atoms with Crippen molar-refractivity contribution in [2.45, 2.75) is 12.9 Å². The van der Waals surface area contributed by atoms with Gasteiger partial charge in [0.25, 0.3) is 0 Å². The lowest BCUT2D eigenvalue weighted by molar-refractivity contribution is -0.274. The lowest BCUT2D eigenvalue weighted by Gasteiger charge is -2.11. The third-order valence-corrected chi connectivity index (χ3v) is 6.44. The van der Waals surface area contributed by atoms with Crippen molar-refractivity contribution in [2.75, 3.05) is 45.4 Å². The SMILES string of the molecule is CN(C)c1ccc(-c2nc3ccc(OCCOCCNCc4cccc(OC(F)(F)F)c4)cc3s2)cc1.Cl. The molecular weight excluding hydrogens is 539 g/mol. The molecule has 1 aromatic heterocycles. The van der Waals surface area contributed by atoms with Gasteiger partial charge < -0.3 is 24.4 Å². The van der Waals surface area contributed by atoms with E-state index >= 15 is 0 Å². The van der Waals surface area contributed by atoms with Crippen molar-refractivity contribution in [3.63, 3.8) is 0 Å². The van der Waals surface area contributed by atoms with Gasteiger partial charge in [-0.25, -0.2) is 4.98 Å². The van der Waals surface area contributed by atoms with E-state index < -0.39 is 6.36 Å². The highest BCUT2D eigenvalue weighted by Gasteiger charge is 2.31. The van der Waals surface area contributed by atoms with E-state index in [1.807, 2.05) is 32.3 Å². The number of nitrogens with one attached hydrogen (secondary N) is 1. The fraction of sp³-hybridized carbons (Fsp3) is 0.296. The first-order chi connectivity index (χ1) is 17.8. The van der Waals surface area contributed by atoms with Crippen molar-refractivity contribution in [1.29, 1.82) is 0 Å². The summed E-state index contributed by atoms with van der Waals surface area (Å²) in [6.07, 6.45) is -4.70. The first kappa shape index (κ1) is 29.5. The van der Waals surface area contributed by atoms with Gasteiger partial charge in [-0.05, 0) is 60.2 Å². The largest absolute Gasteiger partial charge is 0.573 e. The molecule has 0 amide bonds. The van der Waals surface area contributed by atoms with Gasteiger partial charge in [-0.3, -0.25) is 0 Å². The maximum atomic E-state index is 12.3. The minimum atomic E-state index is -4.70. The highest BCUT2D eigenvalue weighted by Crippen LogP contribution is 2.33. The number of rotatable bonds is 12. The second kappa shape index (κ2) is 13.7. The van der Waals surface area contributed by atoms with Gasteiger partial charge in [-0.2, -0.15) is 0 Å². The molecule has 0 saturated heterocycles. The van der Waals surface area contributed by atoms with E-state index in [0.29, 0.717) is 38.5 Å². The molecule has 0 radical (unpaired) electrons. The molecule has 0 bridgehead atoms. The second-order valence-electron chi connectivity index (χ2n) is 8.42. The molecular formula is C27H29ClF3N3O3S. The smallest absolute Gasteiger partial charge is 0.491 e. The van der Waals surface area contributed by atoms with Gasteiger partial charge in [0.15, 0.2) is 0 Å². The Hall–Kier alpha value is -3.05. The molecule has 4 rings (SSSR count). The van der Waals surface area contributed by atoms with Crippen LogP contribution in [-0.4, -0.2) is 51.8 Å². The summed E-state index contributed by atoms with van der Waals surface area (Å²) in [6.45, 7) is 2.23. The molecule has 204 valence electrons. The Morgan fingerprint density at radius 1 is 0.921 bits per heavy atom. The van der Waals surface area contributed by atoms with Gasteiger partial charge in [0.2, 0.25) is 0 Å². The molecule has 11 heteroatoms. The lowest BCUT2D eigenvalue weighted by atomic mass is 10.2. The molecule has 1 N–H and O–H groups in total. The van der Waals surface area contributed by atoms with Gasteiger partial charge in [0, 0.05) is 38.4 Å². The van der Waals surface area contributed by atoms with Crippen molar-refractivity contribution in [3.8, 4) is 22.1 Å². The van der Waals surface area contributed by atoms with Crippen LogP contribution in [0, 0.1) is 0 Å². The highest BCUT2D eigenvalue weighted by molar-refractivity contribution is 7.21. The summed E-state index contributed by atoms with van der Waals surface area (Å²) in [5.41, 5.74) is 3.85. The minimum Gasteiger partial charge on any atom is -0.491 e. The molecule has 0 atom stereocenters. The zero-order valence-corrected chi connectivity index (χ0v) is 22.6. The van der Waals surface area contributed by atoms with Crippen molar-refractivity contribution < 1.29 is 27.4 Å². The van der Waals surface area contributed by atoms with Crippen LogP contribution in [0.1, 0.15) is 5.56 Å². The molecule has 0 aliphatic carbocycles. The quantitative estimate of drug-likeness (QED) is 0.196. The molecule has 3 aromatic carbocycles. The first-order valence-corrected chi connectivity index (χ1v) is 12.5. The van der Waals surface area contributed by atoms with Crippen LogP contribution in [0.5, 0.6) is 11.5 Å². The third-order valence-electron chi connectivity index (χ3n) is 5.37. The molecule has 0 fully saturated rings. The predicted octanol–water partition coefficient (Wildman–Crippen LogP) is 6.53. The van der Waals surface area contributed by atoms with E-state index in [1.54, 1.807) is 17.4 Å². The van der Waals surface area contributed by atoms with Crippen LogP contribution < -0.4 is 19.7 Å². The number of aromatic nitrogens is 1. The average molecular weight is 568 g/mol. The standard InChI is InChI=1S/C27H28F3N3O3S.ClH/c1-33(2)21-8-6-20(7-9-21)26-32-24-11-10-22(17-25(24)37-26)35-15-14-34-13-12-31-18-19-4-3-5-23(16-19)36-27(28,29)30;/h3-11,16-17,31H,12-15,18H2,1-2H3;1H. The molecule has 1 heterocycles. The van der Waals surface area contributed by atoms with E-state index in [1.165, 1.54) is 18.2 Å². The maximum absolute atomic E-state index is 12.3. The molecule has 0 aliphatic heterocycles. The van der Waals surface area contributed by atoms with Crippen LogP contribution in [-0.2, 0) is 11.3 Å². The number of nitrogens with zero attached hydrogens (tertiary/aromatic N) is 2. The number of hydrogen-bond acceptors (Lipinski definition) is 7. The first-order valence-electron chi connectivity index (χ1n) is 11.7. The summed E-state index contributed by atoms with van der Waals surface area (Å²) >= 11 is 1.63. The van der Waals surface area contributed by atoms with Crippen LogP contribution in [0.15, 0.2) is 66.7 Å². The Bertz CT molecular complexity index is 1300. The van der Waals surface area contributed by atoms with E-state index in [2.05, 4.69) is 39.2 Å². The number of halogens is 4. The topological polar surface area (TPSA) is 55.9 Å². The second-order valence-corrected chi connectivity index (χ2v) is 9.45. The summed E-state index contributed by atoms with van der Waals surface area (Å²) < 4.78 is 53.4. The molecule has 0 unspecified atom stereocenters. The highest BCUT2D eigenvalue weighted by atomic mass is 35.5. The Morgan fingerprint density at radius 2 is 1.71 bits per heavy atom. The molecule has 0 spiro atoms. The number of fused-ring (bicyclic) bond motifs is 1. The van der Waals surface area contributed by atoms with Crippen molar-refractivity contribution in [1.82, 2.24) is 10.3 Å². The Labute approximate surface area is 229 Å². The van der Waals surface area contributed by atoms with Crippen LogP contribution in [0.3, 0.4) is 0 Å². The number of hydrogen-bond donors (Lipinski definition) is 1. The summed E-state index contributed by atoms with van der Waals surface area (Å²) in [5, 5.41) is 4.10. The van der Waals surface area contributed by atoms with Gasteiger partial charge in [0.1, 0.15) is 23.1 Å². The fourth-order valence-electron chi connectivity index (χ4n) is 3.57.